The van der Waals surface area contributed by atoms with Gasteiger partial charge in [0.1, 0.15) is 11.4 Å². The van der Waals surface area contributed by atoms with E-state index in [2.05, 4.69) is 5.32 Å². The maximum absolute atomic E-state index is 11.7. The maximum atomic E-state index is 11.7. The van der Waals surface area contributed by atoms with Gasteiger partial charge >= 0.3 is 5.97 Å². The molecule has 0 fully saturated rings. The number of ether oxygens (including phenoxy) is 2. The molecule has 0 heterocycles. The Balaban J connectivity index is 0.00000400. The molecule has 0 saturated carbocycles. The molecule has 1 aromatic rings. The van der Waals surface area contributed by atoms with Crippen molar-refractivity contribution in [2.75, 3.05) is 17.7 Å². The average Bonchev–Trinajstić information content (AvgIpc) is 2.32. The van der Waals surface area contributed by atoms with Gasteiger partial charge < -0.3 is 20.5 Å². The minimum Gasteiger partial charge on any atom is -0.489 e. The summed E-state index contributed by atoms with van der Waals surface area (Å²) in [6, 6.07) is 2.97. The van der Waals surface area contributed by atoms with E-state index in [1.54, 1.807) is 6.92 Å². The van der Waals surface area contributed by atoms with Gasteiger partial charge in [-0.05, 0) is 32.9 Å². The Kier molecular flexibility index (Phi) is 7.59. The van der Waals surface area contributed by atoms with Gasteiger partial charge in [0.15, 0.2) is 0 Å². The van der Waals surface area contributed by atoms with Crippen LogP contribution in [0.3, 0.4) is 0 Å². The monoisotopic (exact) mass is 316 g/mol. The van der Waals surface area contributed by atoms with Crippen LogP contribution in [0.1, 0.15) is 38.1 Å². The zero-order valence-corrected chi connectivity index (χ0v) is 13.4. The summed E-state index contributed by atoms with van der Waals surface area (Å²) in [5.41, 5.74) is 6.78. The molecule has 21 heavy (non-hydrogen) atoms. The second-order valence-electron chi connectivity index (χ2n) is 4.51. The molecule has 0 spiro atoms. The van der Waals surface area contributed by atoms with Crippen molar-refractivity contribution in [2.24, 2.45) is 0 Å². The van der Waals surface area contributed by atoms with Crippen LogP contribution in [0.4, 0.5) is 11.4 Å². The highest BCUT2D eigenvalue weighted by Crippen LogP contribution is 2.33. The van der Waals surface area contributed by atoms with Crippen molar-refractivity contribution in [3.63, 3.8) is 0 Å². The molecule has 0 radical (unpaired) electrons. The van der Waals surface area contributed by atoms with Crippen molar-refractivity contribution in [1.82, 2.24) is 0 Å². The number of hydrogen-bond donors (Lipinski definition) is 2. The molecular formula is C14H21ClN2O4. The number of carbonyl (C=O) groups excluding carboxylic acids is 2. The molecule has 0 aliphatic carbocycles. The van der Waals surface area contributed by atoms with Crippen LogP contribution in [-0.2, 0) is 9.53 Å². The van der Waals surface area contributed by atoms with Crippen molar-refractivity contribution in [1.29, 1.82) is 0 Å². The third-order valence-electron chi connectivity index (χ3n) is 2.31. The molecule has 0 aliphatic rings. The van der Waals surface area contributed by atoms with E-state index < -0.39 is 5.97 Å². The van der Waals surface area contributed by atoms with E-state index in [-0.39, 0.29) is 42.3 Å². The summed E-state index contributed by atoms with van der Waals surface area (Å²) >= 11 is 0. The highest BCUT2D eigenvalue weighted by Gasteiger charge is 2.17. The fourth-order valence-electron chi connectivity index (χ4n) is 1.63. The quantitative estimate of drug-likeness (QED) is 0.643. The number of nitrogen functional groups attached to an aromatic ring is 1. The van der Waals surface area contributed by atoms with Gasteiger partial charge in [0.25, 0.3) is 0 Å². The lowest BCUT2D eigenvalue weighted by atomic mass is 10.1. The van der Waals surface area contributed by atoms with Gasteiger partial charge in [-0.15, -0.1) is 12.4 Å². The first kappa shape index (κ1) is 19.1. The molecule has 0 bridgehead atoms. The molecular weight excluding hydrogens is 296 g/mol. The first-order valence-corrected chi connectivity index (χ1v) is 6.40. The standard InChI is InChI=1S/C14H20N2O4.ClH/c1-5-19-14(18)10-6-11(15)13(16-9(4)17)12(7-10)20-8(2)3;/h6-8H,5,15H2,1-4H3,(H,16,17);1H. The van der Waals surface area contributed by atoms with E-state index >= 15 is 0 Å². The van der Waals surface area contributed by atoms with Crippen LogP contribution in [0.15, 0.2) is 12.1 Å². The van der Waals surface area contributed by atoms with E-state index in [1.165, 1.54) is 19.1 Å². The number of halogens is 1. The summed E-state index contributed by atoms with van der Waals surface area (Å²) in [5, 5.41) is 2.60. The summed E-state index contributed by atoms with van der Waals surface area (Å²) < 4.78 is 10.5. The van der Waals surface area contributed by atoms with Crippen LogP contribution in [0.2, 0.25) is 0 Å². The van der Waals surface area contributed by atoms with Crippen molar-refractivity contribution >= 4 is 35.7 Å². The molecule has 0 aromatic heterocycles. The highest BCUT2D eigenvalue weighted by molar-refractivity contribution is 5.98. The molecule has 0 saturated heterocycles. The fraction of sp³-hybridized carbons (Fsp3) is 0.429. The number of carbonyl (C=O) groups is 2. The van der Waals surface area contributed by atoms with E-state index in [9.17, 15) is 9.59 Å². The van der Waals surface area contributed by atoms with Gasteiger partial charge in [0.2, 0.25) is 5.91 Å². The summed E-state index contributed by atoms with van der Waals surface area (Å²) in [5.74, 6) is -0.408. The van der Waals surface area contributed by atoms with Crippen molar-refractivity contribution in [2.45, 2.75) is 33.8 Å². The summed E-state index contributed by atoms with van der Waals surface area (Å²) in [6.07, 6.45) is -0.126. The van der Waals surface area contributed by atoms with Crippen molar-refractivity contribution in [3.8, 4) is 5.75 Å². The van der Waals surface area contributed by atoms with E-state index in [0.717, 1.165) is 0 Å². The number of nitrogens with one attached hydrogen (secondary N) is 1. The molecule has 3 N–H and O–H groups in total. The van der Waals surface area contributed by atoms with Crippen molar-refractivity contribution < 1.29 is 19.1 Å². The number of anilines is 2. The second kappa shape index (κ2) is 8.36. The lowest BCUT2D eigenvalue weighted by Gasteiger charge is -2.17. The number of benzene rings is 1. The van der Waals surface area contributed by atoms with E-state index in [0.29, 0.717) is 11.4 Å². The fourth-order valence-corrected chi connectivity index (χ4v) is 1.63. The number of amides is 1. The molecule has 7 heteroatoms. The lowest BCUT2D eigenvalue weighted by Crippen LogP contribution is -2.15. The minimum absolute atomic E-state index is 0. The van der Waals surface area contributed by atoms with Crippen LogP contribution in [-0.4, -0.2) is 24.6 Å². The van der Waals surface area contributed by atoms with Gasteiger partial charge in [-0.3, -0.25) is 4.79 Å². The Morgan fingerprint density at radius 1 is 1.33 bits per heavy atom. The van der Waals surface area contributed by atoms with Crippen LogP contribution in [0.5, 0.6) is 5.75 Å². The second-order valence-corrected chi connectivity index (χ2v) is 4.51. The van der Waals surface area contributed by atoms with Gasteiger partial charge in [0.05, 0.1) is 24.0 Å². The van der Waals surface area contributed by atoms with Gasteiger partial charge in [-0.1, -0.05) is 0 Å². The molecule has 1 amide bonds. The Labute approximate surface area is 130 Å². The summed E-state index contributed by atoms with van der Waals surface area (Å²) in [7, 11) is 0. The predicted molar refractivity (Wildman–Crippen MR) is 84.1 cm³/mol. The van der Waals surface area contributed by atoms with Crippen LogP contribution in [0.25, 0.3) is 0 Å². The summed E-state index contributed by atoms with van der Waals surface area (Å²) in [4.78, 5) is 23.0. The van der Waals surface area contributed by atoms with Gasteiger partial charge in [-0.2, -0.15) is 0 Å². The third kappa shape index (κ3) is 5.51. The Morgan fingerprint density at radius 2 is 1.95 bits per heavy atom. The number of hydrogen-bond acceptors (Lipinski definition) is 5. The Morgan fingerprint density at radius 3 is 2.43 bits per heavy atom. The third-order valence-corrected chi connectivity index (χ3v) is 2.31. The van der Waals surface area contributed by atoms with Gasteiger partial charge in [-0.25, -0.2) is 4.79 Å². The number of esters is 1. The zero-order valence-electron chi connectivity index (χ0n) is 12.6. The molecule has 1 aromatic carbocycles. The molecule has 0 aliphatic heterocycles. The first-order valence-electron chi connectivity index (χ1n) is 6.40. The number of rotatable bonds is 5. The normalized spacial score (nSPS) is 9.76. The van der Waals surface area contributed by atoms with Crippen LogP contribution < -0.4 is 15.8 Å². The summed E-state index contributed by atoms with van der Waals surface area (Å²) in [6.45, 7) is 7.04. The van der Waals surface area contributed by atoms with Crippen molar-refractivity contribution in [3.05, 3.63) is 17.7 Å². The minimum atomic E-state index is -0.484. The van der Waals surface area contributed by atoms with Gasteiger partial charge in [0, 0.05) is 6.92 Å². The molecule has 0 unspecified atom stereocenters. The maximum Gasteiger partial charge on any atom is 0.338 e. The predicted octanol–water partition coefficient (Wildman–Crippen LogP) is 2.61. The Hall–Kier alpha value is -1.95. The van der Waals surface area contributed by atoms with Crippen LogP contribution >= 0.6 is 12.4 Å². The lowest BCUT2D eigenvalue weighted by molar-refractivity contribution is -0.114. The zero-order chi connectivity index (χ0) is 15.3. The topological polar surface area (TPSA) is 90.6 Å². The average molecular weight is 317 g/mol. The Bertz CT molecular complexity index is 518. The molecule has 118 valence electrons. The molecule has 1 rings (SSSR count). The van der Waals surface area contributed by atoms with E-state index in [1.807, 2.05) is 13.8 Å². The van der Waals surface area contributed by atoms with E-state index in [4.69, 9.17) is 15.2 Å². The molecule has 0 atom stereocenters. The molecule has 6 nitrogen and oxygen atoms in total. The smallest absolute Gasteiger partial charge is 0.338 e. The van der Waals surface area contributed by atoms with Crippen LogP contribution in [0, 0.1) is 0 Å². The first-order chi connectivity index (χ1) is 9.35. The highest BCUT2D eigenvalue weighted by atomic mass is 35.5. The largest absolute Gasteiger partial charge is 0.489 e. The number of nitrogens with two attached hydrogens (primary N) is 1. The SMILES string of the molecule is CCOC(=O)c1cc(N)c(NC(C)=O)c(OC(C)C)c1.Cl.